The predicted molar refractivity (Wildman–Crippen MR) is 112 cm³/mol. The van der Waals surface area contributed by atoms with Crippen LogP contribution >= 0.6 is 0 Å². The second kappa shape index (κ2) is 10.1. The summed E-state index contributed by atoms with van der Waals surface area (Å²) in [6.07, 6.45) is 3.24. The lowest BCUT2D eigenvalue weighted by Gasteiger charge is -2.35. The van der Waals surface area contributed by atoms with E-state index in [-0.39, 0.29) is 30.4 Å². The van der Waals surface area contributed by atoms with E-state index < -0.39 is 17.5 Å². The molecule has 1 rings (SSSR count). The molecule has 7 heteroatoms. The molecule has 0 bridgehead atoms. The van der Waals surface area contributed by atoms with Crippen molar-refractivity contribution in [3.8, 4) is 0 Å². The predicted octanol–water partition coefficient (Wildman–Crippen LogP) is 2.60. The number of likely N-dealkylation sites (tertiary alicyclic amines) is 1. The van der Waals surface area contributed by atoms with E-state index in [1.54, 1.807) is 11.9 Å². The Hall–Kier alpha value is -1.79. The van der Waals surface area contributed by atoms with Gasteiger partial charge < -0.3 is 20.4 Å². The van der Waals surface area contributed by atoms with Gasteiger partial charge in [0.1, 0.15) is 6.04 Å². The van der Waals surface area contributed by atoms with Gasteiger partial charge in [-0.25, -0.2) is 4.79 Å². The van der Waals surface area contributed by atoms with Crippen molar-refractivity contribution in [1.82, 2.24) is 20.4 Å². The Kier molecular flexibility index (Phi) is 8.76. The monoisotopic (exact) mass is 396 g/mol. The number of urea groups is 1. The Bertz CT molecular complexity index is 556. The van der Waals surface area contributed by atoms with E-state index in [0.29, 0.717) is 5.92 Å². The van der Waals surface area contributed by atoms with Crippen LogP contribution in [0.15, 0.2) is 0 Å². The van der Waals surface area contributed by atoms with Crippen molar-refractivity contribution in [2.24, 2.45) is 11.3 Å². The van der Waals surface area contributed by atoms with Crippen molar-refractivity contribution in [2.75, 3.05) is 20.1 Å². The number of carbonyl (C=O) groups is 3. The molecule has 3 atom stereocenters. The van der Waals surface area contributed by atoms with Gasteiger partial charge in [0.25, 0.3) is 0 Å². The van der Waals surface area contributed by atoms with Crippen LogP contribution in [0.4, 0.5) is 4.79 Å². The summed E-state index contributed by atoms with van der Waals surface area (Å²) in [4.78, 5) is 41.2. The molecule has 0 aromatic rings. The third-order valence-corrected chi connectivity index (χ3v) is 5.81. The molecule has 0 radical (unpaired) electrons. The van der Waals surface area contributed by atoms with Gasteiger partial charge in [0, 0.05) is 25.7 Å². The molecule has 0 saturated carbocycles. The highest BCUT2D eigenvalue weighted by atomic mass is 16.2. The van der Waals surface area contributed by atoms with Crippen LogP contribution in [0.1, 0.15) is 67.7 Å². The second-order valence-corrected chi connectivity index (χ2v) is 9.33. The molecule has 1 heterocycles. The fourth-order valence-electron chi connectivity index (χ4n) is 3.64. The molecule has 2 N–H and O–H groups in total. The fraction of sp³-hybridized carbons (Fsp3) is 0.857. The lowest BCUT2D eigenvalue weighted by molar-refractivity contribution is -0.136. The molecular weight excluding hydrogens is 356 g/mol. The maximum absolute atomic E-state index is 13.2. The number of amides is 4. The molecular formula is C21H40N4O3. The molecule has 0 spiro atoms. The Morgan fingerprint density at radius 1 is 1.21 bits per heavy atom. The Balaban J connectivity index is 2.75. The zero-order valence-electron chi connectivity index (χ0n) is 19.0. The van der Waals surface area contributed by atoms with Crippen molar-refractivity contribution in [3.63, 3.8) is 0 Å². The topological polar surface area (TPSA) is 81.8 Å². The van der Waals surface area contributed by atoms with Gasteiger partial charge in [-0.3, -0.25) is 9.59 Å². The first kappa shape index (κ1) is 24.2. The molecule has 7 nitrogen and oxygen atoms in total. The van der Waals surface area contributed by atoms with E-state index >= 15 is 0 Å². The van der Waals surface area contributed by atoms with Crippen LogP contribution in [0.3, 0.4) is 0 Å². The standard InChI is InChI=1S/C21H40N4O3/c1-9-10-16-11-12-25(15(16)4)19(27)18(21(5,6)7)23-20(28)22-13-17(26)24(8)14(2)3/h14-16,18H,9-13H2,1-8H3,(H2,22,23,28)/t15-,16?,18?/m1/s1. The van der Waals surface area contributed by atoms with Gasteiger partial charge in [0.15, 0.2) is 0 Å². The van der Waals surface area contributed by atoms with Gasteiger partial charge in [-0.15, -0.1) is 0 Å². The number of nitrogens with one attached hydrogen (secondary N) is 2. The summed E-state index contributed by atoms with van der Waals surface area (Å²) >= 11 is 0. The first-order valence-corrected chi connectivity index (χ1v) is 10.5. The number of likely N-dealkylation sites (N-methyl/N-ethyl adjacent to an activating group) is 1. The normalized spacial score (nSPS) is 20.8. The van der Waals surface area contributed by atoms with E-state index in [2.05, 4.69) is 24.5 Å². The average molecular weight is 397 g/mol. The second-order valence-electron chi connectivity index (χ2n) is 9.33. The number of hydrogen-bond donors (Lipinski definition) is 2. The quantitative estimate of drug-likeness (QED) is 0.694. The minimum atomic E-state index is -0.645. The molecule has 162 valence electrons. The van der Waals surface area contributed by atoms with Gasteiger partial charge in [0.2, 0.25) is 11.8 Å². The summed E-state index contributed by atoms with van der Waals surface area (Å²) in [6.45, 7) is 14.6. The summed E-state index contributed by atoms with van der Waals surface area (Å²) in [5.74, 6) is 0.311. The Labute approximate surface area is 170 Å². The molecule has 0 aliphatic carbocycles. The highest BCUT2D eigenvalue weighted by Crippen LogP contribution is 2.31. The summed E-state index contributed by atoms with van der Waals surface area (Å²) < 4.78 is 0. The number of rotatable bonds is 7. The third-order valence-electron chi connectivity index (χ3n) is 5.81. The molecule has 1 aliphatic heterocycles. The fourth-order valence-corrected chi connectivity index (χ4v) is 3.64. The molecule has 1 saturated heterocycles. The smallest absolute Gasteiger partial charge is 0.315 e. The summed E-state index contributed by atoms with van der Waals surface area (Å²) in [5.41, 5.74) is -0.435. The van der Waals surface area contributed by atoms with Crippen LogP contribution in [-0.4, -0.2) is 65.9 Å². The summed E-state index contributed by atoms with van der Waals surface area (Å²) in [7, 11) is 1.70. The van der Waals surface area contributed by atoms with Gasteiger partial charge in [0.05, 0.1) is 6.54 Å². The molecule has 0 aromatic heterocycles. The molecule has 2 unspecified atom stereocenters. The van der Waals surface area contributed by atoms with Crippen molar-refractivity contribution in [3.05, 3.63) is 0 Å². The maximum atomic E-state index is 13.2. The maximum Gasteiger partial charge on any atom is 0.315 e. The average Bonchev–Trinajstić information content (AvgIpc) is 2.96. The first-order valence-electron chi connectivity index (χ1n) is 10.5. The Morgan fingerprint density at radius 2 is 1.82 bits per heavy atom. The van der Waals surface area contributed by atoms with Gasteiger partial charge >= 0.3 is 6.03 Å². The van der Waals surface area contributed by atoms with E-state index in [0.717, 1.165) is 25.8 Å². The van der Waals surface area contributed by atoms with Crippen molar-refractivity contribution in [1.29, 1.82) is 0 Å². The van der Waals surface area contributed by atoms with Gasteiger partial charge in [-0.05, 0) is 44.9 Å². The lowest BCUT2D eigenvalue weighted by Crippen LogP contribution is -2.58. The molecule has 1 aliphatic rings. The highest BCUT2D eigenvalue weighted by molar-refractivity contribution is 5.89. The number of carbonyl (C=O) groups excluding carboxylic acids is 3. The van der Waals surface area contributed by atoms with Crippen LogP contribution < -0.4 is 10.6 Å². The van der Waals surface area contributed by atoms with Crippen LogP contribution in [0, 0.1) is 11.3 Å². The van der Waals surface area contributed by atoms with Crippen LogP contribution in [-0.2, 0) is 9.59 Å². The lowest BCUT2D eigenvalue weighted by atomic mass is 9.85. The Morgan fingerprint density at radius 3 is 2.32 bits per heavy atom. The van der Waals surface area contributed by atoms with Crippen molar-refractivity contribution in [2.45, 2.75) is 85.9 Å². The number of nitrogens with zero attached hydrogens (tertiary/aromatic N) is 2. The van der Waals surface area contributed by atoms with Crippen LogP contribution in [0.2, 0.25) is 0 Å². The third kappa shape index (κ3) is 6.38. The van der Waals surface area contributed by atoms with Crippen molar-refractivity contribution >= 4 is 17.8 Å². The van der Waals surface area contributed by atoms with Gasteiger partial charge in [-0.1, -0.05) is 34.1 Å². The first-order chi connectivity index (χ1) is 12.9. The summed E-state index contributed by atoms with van der Waals surface area (Å²) in [5, 5.41) is 5.41. The van der Waals surface area contributed by atoms with Crippen LogP contribution in [0.5, 0.6) is 0 Å². The zero-order valence-corrected chi connectivity index (χ0v) is 19.0. The minimum absolute atomic E-state index is 0.0422. The van der Waals surface area contributed by atoms with Crippen molar-refractivity contribution < 1.29 is 14.4 Å². The van der Waals surface area contributed by atoms with E-state index in [9.17, 15) is 14.4 Å². The van der Waals surface area contributed by atoms with E-state index in [1.807, 2.05) is 39.5 Å². The number of hydrogen-bond acceptors (Lipinski definition) is 3. The van der Waals surface area contributed by atoms with Crippen LogP contribution in [0.25, 0.3) is 0 Å². The molecule has 1 fully saturated rings. The van der Waals surface area contributed by atoms with E-state index in [4.69, 9.17) is 0 Å². The summed E-state index contributed by atoms with van der Waals surface area (Å²) in [6, 6.07) is -0.888. The molecule has 28 heavy (non-hydrogen) atoms. The SMILES string of the molecule is CCCC1CCN(C(=O)C(NC(=O)NCC(=O)N(C)C(C)C)C(C)(C)C)[C@@H]1C. The van der Waals surface area contributed by atoms with Gasteiger partial charge in [-0.2, -0.15) is 0 Å². The molecule has 4 amide bonds. The molecule has 0 aromatic carbocycles. The van der Waals surface area contributed by atoms with E-state index in [1.165, 1.54) is 0 Å². The minimum Gasteiger partial charge on any atom is -0.342 e. The zero-order chi connectivity index (χ0) is 21.6. The largest absolute Gasteiger partial charge is 0.342 e. The highest BCUT2D eigenvalue weighted by Gasteiger charge is 2.41.